The standard InChI is InChI=1S/C50H31NO2/c1-2-13-32(14-3-1)33-27-29-36(30-28-33)51(44-24-11-22-41-39-20-8-9-26-46(39)52-48(41)44)45-25-12-23-42-43-31-35-16-5-7-19-38(35)47(50(43)53-49(42)45)40-21-10-17-34-15-4-6-18-37(34)40/h1-31H. The summed E-state index contributed by atoms with van der Waals surface area (Å²) in [5.41, 5.74) is 10.9. The maximum Gasteiger partial charge on any atom is 0.159 e. The molecule has 0 aliphatic carbocycles. The Bertz CT molecular complexity index is 3160. The lowest BCUT2D eigenvalue weighted by molar-refractivity contribution is 0.667. The molecule has 11 aromatic rings. The van der Waals surface area contributed by atoms with Crippen molar-refractivity contribution in [1.29, 1.82) is 0 Å². The van der Waals surface area contributed by atoms with E-state index in [0.29, 0.717) is 0 Å². The van der Waals surface area contributed by atoms with E-state index in [1.807, 2.05) is 12.1 Å². The quantitative estimate of drug-likeness (QED) is 0.182. The van der Waals surface area contributed by atoms with E-state index in [-0.39, 0.29) is 0 Å². The first-order valence-electron chi connectivity index (χ1n) is 18.0. The fraction of sp³-hybridized carbons (Fsp3) is 0. The van der Waals surface area contributed by atoms with E-state index >= 15 is 0 Å². The number of fused-ring (bicyclic) bond motifs is 8. The molecule has 0 bridgehead atoms. The first-order valence-corrected chi connectivity index (χ1v) is 18.0. The average Bonchev–Trinajstić information content (AvgIpc) is 3.80. The van der Waals surface area contributed by atoms with Gasteiger partial charge in [0.25, 0.3) is 0 Å². The van der Waals surface area contributed by atoms with Crippen molar-refractivity contribution in [2.45, 2.75) is 0 Å². The first kappa shape index (κ1) is 29.6. The second-order valence-electron chi connectivity index (χ2n) is 13.6. The van der Waals surface area contributed by atoms with Crippen molar-refractivity contribution < 1.29 is 8.83 Å². The molecule has 0 unspecified atom stereocenters. The molecule has 0 saturated carbocycles. The Hall–Kier alpha value is -7.10. The molecule has 0 aliphatic heterocycles. The van der Waals surface area contributed by atoms with E-state index in [1.54, 1.807) is 0 Å². The number of benzene rings is 9. The average molecular weight is 678 g/mol. The zero-order valence-electron chi connectivity index (χ0n) is 28.7. The van der Waals surface area contributed by atoms with Crippen LogP contribution in [0, 0.1) is 0 Å². The smallest absolute Gasteiger partial charge is 0.159 e. The number of hydrogen-bond acceptors (Lipinski definition) is 3. The molecule has 9 aromatic carbocycles. The van der Waals surface area contributed by atoms with Crippen LogP contribution in [0.5, 0.6) is 0 Å². The molecule has 248 valence electrons. The summed E-state index contributed by atoms with van der Waals surface area (Å²) in [7, 11) is 0. The summed E-state index contributed by atoms with van der Waals surface area (Å²) in [5.74, 6) is 0. The zero-order chi connectivity index (χ0) is 34.9. The second kappa shape index (κ2) is 11.7. The Balaban J connectivity index is 1.22. The van der Waals surface area contributed by atoms with Crippen molar-refractivity contribution in [2.75, 3.05) is 4.90 Å². The topological polar surface area (TPSA) is 29.5 Å². The van der Waals surface area contributed by atoms with Gasteiger partial charge in [0.05, 0.1) is 11.4 Å². The number of hydrogen-bond donors (Lipinski definition) is 0. The lowest BCUT2D eigenvalue weighted by atomic mass is 9.92. The van der Waals surface area contributed by atoms with Crippen LogP contribution in [0.1, 0.15) is 0 Å². The largest absolute Gasteiger partial charge is 0.454 e. The van der Waals surface area contributed by atoms with Crippen LogP contribution in [-0.2, 0) is 0 Å². The molecular formula is C50H31NO2. The molecular weight excluding hydrogens is 647 g/mol. The fourth-order valence-electron chi connectivity index (χ4n) is 8.22. The maximum absolute atomic E-state index is 7.24. The van der Waals surface area contributed by atoms with Crippen LogP contribution < -0.4 is 4.90 Å². The fourth-order valence-corrected chi connectivity index (χ4v) is 8.22. The summed E-state index contributed by atoms with van der Waals surface area (Å²) < 4.78 is 13.9. The minimum Gasteiger partial charge on any atom is -0.454 e. The van der Waals surface area contributed by atoms with Gasteiger partial charge in [-0.15, -0.1) is 0 Å². The summed E-state index contributed by atoms with van der Waals surface area (Å²) >= 11 is 0. The molecule has 0 spiro atoms. The van der Waals surface area contributed by atoms with Gasteiger partial charge in [0, 0.05) is 32.8 Å². The van der Waals surface area contributed by atoms with Gasteiger partial charge in [-0.2, -0.15) is 0 Å². The molecule has 0 N–H and O–H groups in total. The molecule has 11 rings (SSSR count). The molecule has 3 heteroatoms. The van der Waals surface area contributed by atoms with Gasteiger partial charge in [0.15, 0.2) is 11.2 Å². The minimum atomic E-state index is 0.819. The number of para-hydroxylation sites is 3. The van der Waals surface area contributed by atoms with E-state index in [1.165, 1.54) is 21.7 Å². The van der Waals surface area contributed by atoms with Crippen LogP contribution >= 0.6 is 0 Å². The number of furan rings is 2. The lowest BCUT2D eigenvalue weighted by Crippen LogP contribution is -2.10. The van der Waals surface area contributed by atoms with Crippen molar-refractivity contribution in [1.82, 2.24) is 0 Å². The first-order chi connectivity index (χ1) is 26.3. The Morgan fingerprint density at radius 1 is 0.340 bits per heavy atom. The van der Waals surface area contributed by atoms with Crippen LogP contribution in [0.4, 0.5) is 17.1 Å². The maximum atomic E-state index is 7.24. The van der Waals surface area contributed by atoms with Crippen LogP contribution in [0.25, 0.3) is 87.7 Å². The third-order valence-electron chi connectivity index (χ3n) is 10.6. The monoisotopic (exact) mass is 677 g/mol. The summed E-state index contributed by atoms with van der Waals surface area (Å²) in [6, 6.07) is 66.5. The van der Waals surface area contributed by atoms with E-state index in [0.717, 1.165) is 83.0 Å². The van der Waals surface area contributed by atoms with Crippen molar-refractivity contribution in [3.05, 3.63) is 188 Å². The van der Waals surface area contributed by atoms with E-state index < -0.39 is 0 Å². The molecule has 53 heavy (non-hydrogen) atoms. The third kappa shape index (κ3) is 4.61. The van der Waals surface area contributed by atoms with Gasteiger partial charge < -0.3 is 13.7 Å². The van der Waals surface area contributed by atoms with Crippen molar-refractivity contribution >= 4 is 82.5 Å². The van der Waals surface area contributed by atoms with Crippen LogP contribution in [0.2, 0.25) is 0 Å². The number of nitrogens with zero attached hydrogens (tertiary/aromatic N) is 1. The highest BCUT2D eigenvalue weighted by molar-refractivity contribution is 6.22. The molecule has 3 nitrogen and oxygen atoms in total. The summed E-state index contributed by atoms with van der Waals surface area (Å²) in [4.78, 5) is 2.29. The predicted molar refractivity (Wildman–Crippen MR) is 222 cm³/mol. The van der Waals surface area contributed by atoms with Gasteiger partial charge in [-0.05, 0) is 74.6 Å². The van der Waals surface area contributed by atoms with E-state index in [9.17, 15) is 0 Å². The molecule has 0 fully saturated rings. The van der Waals surface area contributed by atoms with Gasteiger partial charge in [0.1, 0.15) is 11.2 Å². The Kier molecular flexibility index (Phi) is 6.55. The molecule has 0 radical (unpaired) electrons. The predicted octanol–water partition coefficient (Wildman–Crippen LogP) is 14.6. The summed E-state index contributed by atoms with van der Waals surface area (Å²) in [5, 5.41) is 9.06. The molecule has 2 heterocycles. The van der Waals surface area contributed by atoms with E-state index in [2.05, 4.69) is 181 Å². The summed E-state index contributed by atoms with van der Waals surface area (Å²) in [6.45, 7) is 0. The van der Waals surface area contributed by atoms with Crippen LogP contribution in [0.3, 0.4) is 0 Å². The van der Waals surface area contributed by atoms with Crippen LogP contribution in [0.15, 0.2) is 197 Å². The zero-order valence-corrected chi connectivity index (χ0v) is 28.7. The normalized spacial score (nSPS) is 11.8. The van der Waals surface area contributed by atoms with Crippen molar-refractivity contribution in [2.24, 2.45) is 0 Å². The Morgan fingerprint density at radius 2 is 0.906 bits per heavy atom. The second-order valence-corrected chi connectivity index (χ2v) is 13.6. The highest BCUT2D eigenvalue weighted by Crippen LogP contribution is 2.49. The number of rotatable bonds is 5. The molecule has 0 amide bonds. The Morgan fingerprint density at radius 3 is 1.70 bits per heavy atom. The highest BCUT2D eigenvalue weighted by Gasteiger charge is 2.25. The Labute approximate surface area is 305 Å². The van der Waals surface area contributed by atoms with Gasteiger partial charge in [-0.25, -0.2) is 0 Å². The third-order valence-corrected chi connectivity index (χ3v) is 10.6. The highest BCUT2D eigenvalue weighted by atomic mass is 16.3. The summed E-state index contributed by atoms with van der Waals surface area (Å²) in [6.07, 6.45) is 0. The van der Waals surface area contributed by atoms with Crippen molar-refractivity contribution in [3.63, 3.8) is 0 Å². The molecule has 2 aromatic heterocycles. The molecule has 0 aliphatic rings. The minimum absolute atomic E-state index is 0.819. The number of anilines is 3. The van der Waals surface area contributed by atoms with Gasteiger partial charge in [-0.1, -0.05) is 152 Å². The van der Waals surface area contributed by atoms with E-state index in [4.69, 9.17) is 8.83 Å². The van der Waals surface area contributed by atoms with Gasteiger partial charge >= 0.3 is 0 Å². The molecule has 0 atom stereocenters. The van der Waals surface area contributed by atoms with Crippen LogP contribution in [-0.4, -0.2) is 0 Å². The van der Waals surface area contributed by atoms with Gasteiger partial charge in [-0.3, -0.25) is 0 Å². The molecule has 0 saturated heterocycles. The van der Waals surface area contributed by atoms with Gasteiger partial charge in [0.2, 0.25) is 0 Å². The SMILES string of the molecule is c1ccc(-c2ccc(N(c3cccc4c3oc3ccccc34)c3cccc4c3oc3c(-c5cccc6ccccc56)c5ccccc5cc34)cc2)cc1. The lowest BCUT2D eigenvalue weighted by Gasteiger charge is -2.25. The van der Waals surface area contributed by atoms with Crippen molar-refractivity contribution in [3.8, 4) is 22.3 Å².